The minimum absolute atomic E-state index is 0.505. The van der Waals surface area contributed by atoms with Crippen molar-refractivity contribution in [2.45, 2.75) is 64.2 Å². The summed E-state index contributed by atoms with van der Waals surface area (Å²) in [5.74, 6) is 1.21. The fourth-order valence-electron chi connectivity index (χ4n) is 3.19. The first-order valence-electron chi connectivity index (χ1n) is 8.12. The van der Waals surface area contributed by atoms with Gasteiger partial charge in [0.2, 0.25) is 0 Å². The smallest absolute Gasteiger partial charge is 0.0412 e. The quantitative estimate of drug-likeness (QED) is 0.790. The van der Waals surface area contributed by atoms with Crippen molar-refractivity contribution in [3.63, 3.8) is 0 Å². The standard InChI is InChI=1S/C18H29NS/c1-4-19-18(13-20-17-8-6-5-7-9-17)16-11-14(2)10-15(3)12-16/h10-12,17-19H,4-9,13H2,1-3H3. The van der Waals surface area contributed by atoms with Crippen LogP contribution in [0.2, 0.25) is 0 Å². The molecule has 2 rings (SSSR count). The normalized spacial score (nSPS) is 18.1. The second-order valence-electron chi connectivity index (χ2n) is 6.12. The molecule has 2 heteroatoms. The van der Waals surface area contributed by atoms with Crippen molar-refractivity contribution in [1.82, 2.24) is 5.32 Å². The first-order valence-corrected chi connectivity index (χ1v) is 9.17. The Bertz CT molecular complexity index is 390. The van der Waals surface area contributed by atoms with Crippen LogP contribution in [-0.4, -0.2) is 17.5 Å². The van der Waals surface area contributed by atoms with Crippen molar-refractivity contribution in [3.05, 3.63) is 34.9 Å². The summed E-state index contributed by atoms with van der Waals surface area (Å²) in [5, 5.41) is 4.57. The Balaban J connectivity index is 1.98. The maximum Gasteiger partial charge on any atom is 0.0412 e. The highest BCUT2D eigenvalue weighted by molar-refractivity contribution is 7.99. The van der Waals surface area contributed by atoms with E-state index >= 15 is 0 Å². The van der Waals surface area contributed by atoms with Gasteiger partial charge in [0, 0.05) is 17.0 Å². The van der Waals surface area contributed by atoms with Gasteiger partial charge < -0.3 is 5.32 Å². The third-order valence-corrected chi connectivity index (χ3v) is 5.62. The van der Waals surface area contributed by atoms with Crippen LogP contribution in [-0.2, 0) is 0 Å². The van der Waals surface area contributed by atoms with E-state index in [9.17, 15) is 0 Å². The van der Waals surface area contributed by atoms with Gasteiger partial charge >= 0.3 is 0 Å². The molecule has 1 saturated carbocycles. The summed E-state index contributed by atoms with van der Waals surface area (Å²) >= 11 is 2.19. The van der Waals surface area contributed by atoms with Crippen LogP contribution >= 0.6 is 11.8 Å². The number of nitrogens with one attached hydrogen (secondary N) is 1. The maximum atomic E-state index is 3.67. The molecular weight excluding hydrogens is 262 g/mol. The number of thioether (sulfide) groups is 1. The molecule has 1 fully saturated rings. The first-order chi connectivity index (χ1) is 9.69. The lowest BCUT2D eigenvalue weighted by Gasteiger charge is -2.25. The lowest BCUT2D eigenvalue weighted by atomic mass is 10.0. The summed E-state index contributed by atoms with van der Waals surface area (Å²) in [6.07, 6.45) is 7.18. The molecule has 1 nitrogen and oxygen atoms in total. The minimum atomic E-state index is 0.505. The van der Waals surface area contributed by atoms with Gasteiger partial charge in [-0.2, -0.15) is 11.8 Å². The first kappa shape index (κ1) is 15.9. The van der Waals surface area contributed by atoms with Gasteiger partial charge in [0.15, 0.2) is 0 Å². The highest BCUT2D eigenvalue weighted by atomic mass is 32.2. The molecule has 112 valence electrons. The van der Waals surface area contributed by atoms with Gasteiger partial charge in [0.1, 0.15) is 0 Å². The molecule has 1 aliphatic rings. The van der Waals surface area contributed by atoms with Crippen LogP contribution in [0.1, 0.15) is 61.8 Å². The molecule has 1 atom stereocenters. The Labute approximate surface area is 128 Å². The van der Waals surface area contributed by atoms with E-state index in [1.165, 1.54) is 54.5 Å². The number of hydrogen-bond acceptors (Lipinski definition) is 2. The molecule has 1 aromatic carbocycles. The zero-order valence-corrected chi connectivity index (χ0v) is 14.1. The van der Waals surface area contributed by atoms with Gasteiger partial charge in [-0.1, -0.05) is 55.5 Å². The SMILES string of the molecule is CCNC(CSC1CCCCC1)c1cc(C)cc(C)c1. The zero-order chi connectivity index (χ0) is 14.4. The van der Waals surface area contributed by atoms with Gasteiger partial charge in [-0.05, 0) is 38.8 Å². The third kappa shape index (κ3) is 4.82. The van der Waals surface area contributed by atoms with Crippen molar-refractivity contribution in [3.8, 4) is 0 Å². The lowest BCUT2D eigenvalue weighted by molar-refractivity contribution is 0.514. The largest absolute Gasteiger partial charge is 0.310 e. The molecule has 0 bridgehead atoms. The van der Waals surface area contributed by atoms with E-state index in [1.807, 2.05) is 0 Å². The third-order valence-electron chi connectivity index (χ3n) is 4.15. The van der Waals surface area contributed by atoms with Gasteiger partial charge in [0.05, 0.1) is 0 Å². The number of aryl methyl sites for hydroxylation is 2. The number of rotatable bonds is 6. The van der Waals surface area contributed by atoms with Crippen LogP contribution in [0.15, 0.2) is 18.2 Å². The van der Waals surface area contributed by atoms with Gasteiger partial charge in [-0.15, -0.1) is 0 Å². The van der Waals surface area contributed by atoms with E-state index in [1.54, 1.807) is 0 Å². The molecule has 0 aliphatic heterocycles. The maximum absolute atomic E-state index is 3.67. The molecule has 0 heterocycles. The molecule has 0 saturated heterocycles. The fraction of sp³-hybridized carbons (Fsp3) is 0.667. The molecule has 0 spiro atoms. The van der Waals surface area contributed by atoms with Crippen LogP contribution < -0.4 is 5.32 Å². The van der Waals surface area contributed by atoms with Crippen LogP contribution in [0.3, 0.4) is 0 Å². The molecule has 1 unspecified atom stereocenters. The summed E-state index contributed by atoms with van der Waals surface area (Å²) in [4.78, 5) is 0. The summed E-state index contributed by atoms with van der Waals surface area (Å²) in [5.41, 5.74) is 4.23. The van der Waals surface area contributed by atoms with Crippen molar-refractivity contribution >= 4 is 11.8 Å². The second kappa shape index (κ2) is 8.09. The summed E-state index contributed by atoms with van der Waals surface area (Å²) in [6.45, 7) is 7.66. The molecular formula is C18H29NS. The van der Waals surface area contributed by atoms with Crippen LogP contribution in [0.25, 0.3) is 0 Å². The highest BCUT2D eigenvalue weighted by Crippen LogP contribution is 2.31. The summed E-state index contributed by atoms with van der Waals surface area (Å²) in [7, 11) is 0. The average Bonchev–Trinajstić information content (AvgIpc) is 2.43. The minimum Gasteiger partial charge on any atom is -0.310 e. The van der Waals surface area contributed by atoms with Crippen LogP contribution in [0.5, 0.6) is 0 Å². The Kier molecular flexibility index (Phi) is 6.44. The summed E-state index contributed by atoms with van der Waals surface area (Å²) in [6, 6.07) is 7.47. The van der Waals surface area contributed by atoms with Gasteiger partial charge in [-0.25, -0.2) is 0 Å². The molecule has 1 N–H and O–H groups in total. The zero-order valence-electron chi connectivity index (χ0n) is 13.2. The molecule has 1 aliphatic carbocycles. The van der Waals surface area contributed by atoms with Crippen molar-refractivity contribution in [1.29, 1.82) is 0 Å². The lowest BCUT2D eigenvalue weighted by Crippen LogP contribution is -2.24. The number of hydrogen-bond donors (Lipinski definition) is 1. The van der Waals surface area contributed by atoms with E-state index in [4.69, 9.17) is 0 Å². The molecule has 0 amide bonds. The van der Waals surface area contributed by atoms with Crippen molar-refractivity contribution < 1.29 is 0 Å². The van der Waals surface area contributed by atoms with Crippen LogP contribution in [0, 0.1) is 13.8 Å². The highest BCUT2D eigenvalue weighted by Gasteiger charge is 2.17. The van der Waals surface area contributed by atoms with Crippen molar-refractivity contribution in [2.75, 3.05) is 12.3 Å². The van der Waals surface area contributed by atoms with Crippen molar-refractivity contribution in [2.24, 2.45) is 0 Å². The topological polar surface area (TPSA) is 12.0 Å². The van der Waals surface area contributed by atoms with Crippen LogP contribution in [0.4, 0.5) is 0 Å². The Hall–Kier alpha value is -0.470. The number of benzene rings is 1. The predicted octanol–water partition coefficient (Wildman–Crippen LogP) is 5.02. The molecule has 0 aromatic heterocycles. The second-order valence-corrected chi connectivity index (χ2v) is 7.46. The predicted molar refractivity (Wildman–Crippen MR) is 91.7 cm³/mol. The van der Waals surface area contributed by atoms with E-state index in [0.717, 1.165) is 11.8 Å². The fourth-order valence-corrected chi connectivity index (χ4v) is 4.64. The van der Waals surface area contributed by atoms with Gasteiger partial charge in [0.25, 0.3) is 0 Å². The van der Waals surface area contributed by atoms with E-state index in [-0.39, 0.29) is 0 Å². The Morgan fingerprint density at radius 2 is 1.75 bits per heavy atom. The Morgan fingerprint density at radius 3 is 2.35 bits per heavy atom. The molecule has 1 aromatic rings. The van der Waals surface area contributed by atoms with E-state index < -0.39 is 0 Å². The average molecular weight is 292 g/mol. The van der Waals surface area contributed by atoms with E-state index in [2.05, 4.69) is 56.0 Å². The Morgan fingerprint density at radius 1 is 1.10 bits per heavy atom. The summed E-state index contributed by atoms with van der Waals surface area (Å²) < 4.78 is 0. The molecule has 20 heavy (non-hydrogen) atoms. The van der Waals surface area contributed by atoms with E-state index in [0.29, 0.717) is 6.04 Å². The monoisotopic (exact) mass is 291 g/mol. The van der Waals surface area contributed by atoms with Gasteiger partial charge in [-0.3, -0.25) is 0 Å². The molecule has 0 radical (unpaired) electrons.